The van der Waals surface area contributed by atoms with Gasteiger partial charge in [0.2, 0.25) is 0 Å². The molecular weight excluding hydrogens is 190 g/mol. The maximum absolute atomic E-state index is 2.27. The Morgan fingerprint density at radius 3 is 2.71 bits per heavy atom. The average Bonchev–Trinajstić information content (AvgIpc) is 2.12. The molecular formula is C12H19NS. The van der Waals surface area contributed by atoms with E-state index in [1.165, 1.54) is 16.9 Å². The lowest BCUT2D eigenvalue weighted by Crippen LogP contribution is -2.14. The van der Waals surface area contributed by atoms with E-state index in [2.05, 4.69) is 50.2 Å². The minimum atomic E-state index is 1.13. The lowest BCUT2D eigenvalue weighted by molar-refractivity contribution is 0.437. The molecule has 0 N–H and O–H groups in total. The second-order valence-corrected chi connectivity index (χ2v) is 4.95. The summed E-state index contributed by atoms with van der Waals surface area (Å²) < 4.78 is 0. The van der Waals surface area contributed by atoms with Crippen molar-refractivity contribution >= 4 is 11.8 Å². The normalized spacial score (nSPS) is 10.9. The van der Waals surface area contributed by atoms with E-state index in [-0.39, 0.29) is 0 Å². The monoisotopic (exact) mass is 209 g/mol. The molecule has 0 bridgehead atoms. The molecule has 0 fully saturated rings. The number of nitrogens with zero attached hydrogens (tertiary/aromatic N) is 1. The third-order valence-electron chi connectivity index (χ3n) is 2.03. The van der Waals surface area contributed by atoms with E-state index in [0.29, 0.717) is 0 Å². The zero-order chi connectivity index (χ0) is 10.4. The van der Waals surface area contributed by atoms with Crippen molar-refractivity contribution < 1.29 is 0 Å². The molecule has 0 aliphatic heterocycles. The van der Waals surface area contributed by atoms with Gasteiger partial charge in [-0.25, -0.2) is 0 Å². The first-order valence-corrected chi connectivity index (χ1v) is 6.12. The Morgan fingerprint density at radius 1 is 1.29 bits per heavy atom. The lowest BCUT2D eigenvalue weighted by atomic mass is 10.2. The van der Waals surface area contributed by atoms with Gasteiger partial charge in [-0.3, -0.25) is 0 Å². The summed E-state index contributed by atoms with van der Waals surface area (Å²) in [6.45, 7) is 3.31. The highest BCUT2D eigenvalue weighted by Gasteiger charge is 1.94. The first-order valence-electron chi connectivity index (χ1n) is 4.96. The highest BCUT2D eigenvalue weighted by atomic mass is 32.2. The summed E-state index contributed by atoms with van der Waals surface area (Å²) in [6, 6.07) is 8.75. The van der Waals surface area contributed by atoms with E-state index in [0.717, 1.165) is 12.3 Å². The first kappa shape index (κ1) is 11.6. The summed E-state index contributed by atoms with van der Waals surface area (Å²) in [5.41, 5.74) is 2.80. The maximum atomic E-state index is 2.27. The van der Waals surface area contributed by atoms with Crippen LogP contribution in [0, 0.1) is 6.92 Å². The van der Waals surface area contributed by atoms with E-state index in [9.17, 15) is 0 Å². The number of benzene rings is 1. The van der Waals surface area contributed by atoms with Gasteiger partial charge in [0.1, 0.15) is 0 Å². The van der Waals surface area contributed by atoms with Crippen molar-refractivity contribution in [3.05, 3.63) is 35.4 Å². The zero-order valence-electron chi connectivity index (χ0n) is 9.29. The highest BCUT2D eigenvalue weighted by molar-refractivity contribution is 7.98. The van der Waals surface area contributed by atoms with Gasteiger partial charge in [-0.2, -0.15) is 11.8 Å². The van der Waals surface area contributed by atoms with Crippen LogP contribution in [0.15, 0.2) is 24.3 Å². The van der Waals surface area contributed by atoms with Gasteiger partial charge in [-0.15, -0.1) is 0 Å². The molecule has 0 atom stereocenters. The quantitative estimate of drug-likeness (QED) is 0.686. The topological polar surface area (TPSA) is 3.24 Å². The number of hydrogen-bond acceptors (Lipinski definition) is 2. The molecule has 0 heterocycles. The van der Waals surface area contributed by atoms with Crippen molar-refractivity contribution in [1.29, 1.82) is 0 Å². The van der Waals surface area contributed by atoms with E-state index in [1.807, 2.05) is 11.8 Å². The van der Waals surface area contributed by atoms with Crippen LogP contribution in [0.5, 0.6) is 0 Å². The van der Waals surface area contributed by atoms with Gasteiger partial charge in [0.15, 0.2) is 0 Å². The molecule has 0 saturated heterocycles. The largest absolute Gasteiger partial charge is 0.309 e. The van der Waals surface area contributed by atoms with Crippen LogP contribution in [0.2, 0.25) is 0 Å². The molecule has 0 aromatic heterocycles. The summed E-state index contributed by atoms with van der Waals surface area (Å²) in [6.07, 6.45) is 0. The first-order chi connectivity index (χ1) is 6.68. The molecule has 14 heavy (non-hydrogen) atoms. The van der Waals surface area contributed by atoms with Gasteiger partial charge in [-0.1, -0.05) is 29.8 Å². The standard InChI is InChI=1S/C12H19NS/c1-11-5-4-6-12(9-11)10-14-8-7-13(2)3/h4-6,9H,7-8,10H2,1-3H3. The van der Waals surface area contributed by atoms with Crippen LogP contribution in [-0.2, 0) is 5.75 Å². The van der Waals surface area contributed by atoms with E-state index in [4.69, 9.17) is 0 Å². The van der Waals surface area contributed by atoms with Crippen LogP contribution in [0.4, 0.5) is 0 Å². The molecule has 78 valence electrons. The number of aryl methyl sites for hydroxylation is 1. The molecule has 0 spiro atoms. The minimum absolute atomic E-state index is 1.13. The number of rotatable bonds is 5. The summed E-state index contributed by atoms with van der Waals surface area (Å²) in [5, 5.41) is 0. The Labute approximate surface area is 91.5 Å². The molecule has 1 nitrogen and oxygen atoms in total. The van der Waals surface area contributed by atoms with E-state index in [1.54, 1.807) is 0 Å². The summed E-state index contributed by atoms with van der Waals surface area (Å²) >= 11 is 2.00. The molecule has 0 saturated carbocycles. The van der Waals surface area contributed by atoms with Gasteiger partial charge < -0.3 is 4.90 Å². The predicted octanol–water partition coefficient (Wildman–Crippen LogP) is 2.79. The molecule has 1 aromatic rings. The van der Waals surface area contributed by atoms with Gasteiger partial charge >= 0.3 is 0 Å². The zero-order valence-corrected chi connectivity index (χ0v) is 10.1. The lowest BCUT2D eigenvalue weighted by Gasteiger charge is -2.08. The fourth-order valence-electron chi connectivity index (χ4n) is 1.24. The molecule has 0 aliphatic carbocycles. The molecule has 0 radical (unpaired) electrons. The molecule has 0 amide bonds. The van der Waals surface area contributed by atoms with Crippen LogP contribution < -0.4 is 0 Å². The third kappa shape index (κ3) is 4.68. The minimum Gasteiger partial charge on any atom is -0.309 e. The summed E-state index contributed by atoms with van der Waals surface area (Å²) in [4.78, 5) is 2.23. The molecule has 0 unspecified atom stereocenters. The molecule has 1 rings (SSSR count). The van der Waals surface area contributed by atoms with Crippen molar-refractivity contribution in [2.45, 2.75) is 12.7 Å². The fourth-order valence-corrected chi connectivity index (χ4v) is 2.29. The summed E-state index contributed by atoms with van der Waals surface area (Å²) in [5.74, 6) is 2.34. The number of hydrogen-bond donors (Lipinski definition) is 0. The second-order valence-electron chi connectivity index (χ2n) is 3.84. The van der Waals surface area contributed by atoms with Crippen LogP contribution in [0.1, 0.15) is 11.1 Å². The highest BCUT2D eigenvalue weighted by Crippen LogP contribution is 2.13. The SMILES string of the molecule is Cc1cccc(CSCCN(C)C)c1. The molecule has 2 heteroatoms. The summed E-state index contributed by atoms with van der Waals surface area (Å²) in [7, 11) is 4.24. The Hall–Kier alpha value is -0.470. The Morgan fingerprint density at radius 2 is 2.07 bits per heavy atom. The van der Waals surface area contributed by atoms with Gasteiger partial charge in [0.05, 0.1) is 0 Å². The maximum Gasteiger partial charge on any atom is 0.0185 e. The van der Waals surface area contributed by atoms with Gasteiger partial charge in [0.25, 0.3) is 0 Å². The van der Waals surface area contributed by atoms with Crippen LogP contribution in [0.3, 0.4) is 0 Å². The van der Waals surface area contributed by atoms with Crippen molar-refractivity contribution in [2.75, 3.05) is 26.4 Å². The Kier molecular flexibility index (Phi) is 5.05. The van der Waals surface area contributed by atoms with Crippen molar-refractivity contribution in [3.63, 3.8) is 0 Å². The molecule has 0 aliphatic rings. The van der Waals surface area contributed by atoms with E-state index >= 15 is 0 Å². The smallest absolute Gasteiger partial charge is 0.0185 e. The fraction of sp³-hybridized carbons (Fsp3) is 0.500. The Balaban J connectivity index is 2.25. The second kappa shape index (κ2) is 6.10. The van der Waals surface area contributed by atoms with Crippen LogP contribution in [0.25, 0.3) is 0 Å². The Bertz CT molecular complexity index is 271. The van der Waals surface area contributed by atoms with Crippen LogP contribution in [-0.4, -0.2) is 31.3 Å². The third-order valence-corrected chi connectivity index (χ3v) is 3.04. The van der Waals surface area contributed by atoms with Gasteiger partial charge in [0, 0.05) is 18.1 Å². The van der Waals surface area contributed by atoms with Crippen molar-refractivity contribution in [1.82, 2.24) is 4.90 Å². The van der Waals surface area contributed by atoms with Crippen molar-refractivity contribution in [2.24, 2.45) is 0 Å². The number of thioether (sulfide) groups is 1. The van der Waals surface area contributed by atoms with E-state index < -0.39 is 0 Å². The predicted molar refractivity (Wildman–Crippen MR) is 65.9 cm³/mol. The van der Waals surface area contributed by atoms with Crippen LogP contribution >= 0.6 is 11.8 Å². The molecule has 1 aromatic carbocycles. The average molecular weight is 209 g/mol. The van der Waals surface area contributed by atoms with Gasteiger partial charge in [-0.05, 0) is 26.6 Å². The van der Waals surface area contributed by atoms with Crippen molar-refractivity contribution in [3.8, 4) is 0 Å².